The summed E-state index contributed by atoms with van der Waals surface area (Å²) in [6, 6.07) is 0.455. The fraction of sp³-hybridized carbons (Fsp3) is 0.667. The van der Waals surface area contributed by atoms with Crippen LogP contribution < -0.4 is 10.6 Å². The standard InChI is InChI=1S/C9H15N5S.HI/c1-6-5-11-9(12-6)10-4-3-8-14-13-7(2)15-8;/h6H,3-5H2,1-2H3,(H2,10,11,12);1H. The second-order valence-electron chi connectivity index (χ2n) is 3.63. The first-order chi connectivity index (χ1) is 7.24. The van der Waals surface area contributed by atoms with Gasteiger partial charge < -0.3 is 10.6 Å². The van der Waals surface area contributed by atoms with Gasteiger partial charge >= 0.3 is 0 Å². The van der Waals surface area contributed by atoms with Crippen LogP contribution in [0.2, 0.25) is 0 Å². The van der Waals surface area contributed by atoms with E-state index >= 15 is 0 Å². The van der Waals surface area contributed by atoms with Gasteiger partial charge in [-0.15, -0.1) is 45.5 Å². The summed E-state index contributed by atoms with van der Waals surface area (Å²) in [5, 5.41) is 16.6. The van der Waals surface area contributed by atoms with Gasteiger partial charge in [-0.1, -0.05) is 0 Å². The number of hydrogen-bond acceptors (Lipinski definition) is 6. The molecular weight excluding hydrogens is 337 g/mol. The molecule has 1 aromatic rings. The molecule has 5 nitrogen and oxygen atoms in total. The molecule has 1 aromatic heterocycles. The maximum absolute atomic E-state index is 4.31. The Bertz CT molecular complexity index is 365. The Labute approximate surface area is 116 Å². The molecule has 16 heavy (non-hydrogen) atoms. The van der Waals surface area contributed by atoms with Crippen LogP contribution in [-0.2, 0) is 6.42 Å². The molecule has 0 saturated carbocycles. The van der Waals surface area contributed by atoms with Gasteiger partial charge in [0.2, 0.25) is 0 Å². The number of nitrogens with one attached hydrogen (secondary N) is 2. The van der Waals surface area contributed by atoms with Gasteiger partial charge in [0.25, 0.3) is 0 Å². The van der Waals surface area contributed by atoms with Crippen LogP contribution >= 0.6 is 35.3 Å². The molecule has 0 radical (unpaired) electrons. The fourth-order valence-corrected chi connectivity index (χ4v) is 2.09. The van der Waals surface area contributed by atoms with Crippen molar-refractivity contribution in [1.29, 1.82) is 0 Å². The highest BCUT2D eigenvalue weighted by Crippen LogP contribution is 2.07. The first kappa shape index (κ1) is 13.6. The Kier molecular flexibility index (Phi) is 5.39. The summed E-state index contributed by atoms with van der Waals surface area (Å²) >= 11 is 1.65. The monoisotopic (exact) mass is 353 g/mol. The molecule has 0 bridgehead atoms. The lowest BCUT2D eigenvalue weighted by molar-refractivity contribution is 0.711. The second kappa shape index (κ2) is 6.33. The number of halogens is 1. The summed E-state index contributed by atoms with van der Waals surface area (Å²) in [4.78, 5) is 4.31. The van der Waals surface area contributed by atoms with E-state index in [4.69, 9.17) is 0 Å². The molecule has 1 atom stereocenters. The summed E-state index contributed by atoms with van der Waals surface area (Å²) in [5.41, 5.74) is 0. The van der Waals surface area contributed by atoms with Gasteiger partial charge in [0.1, 0.15) is 10.0 Å². The molecule has 1 aliphatic heterocycles. The van der Waals surface area contributed by atoms with Crippen molar-refractivity contribution in [3.63, 3.8) is 0 Å². The summed E-state index contributed by atoms with van der Waals surface area (Å²) in [6.45, 7) is 5.80. The fourth-order valence-electron chi connectivity index (χ4n) is 1.39. The van der Waals surface area contributed by atoms with E-state index < -0.39 is 0 Å². The zero-order chi connectivity index (χ0) is 10.7. The Morgan fingerprint density at radius 2 is 2.31 bits per heavy atom. The molecule has 2 heterocycles. The number of aryl methyl sites for hydroxylation is 1. The molecule has 7 heteroatoms. The van der Waals surface area contributed by atoms with E-state index in [2.05, 4.69) is 32.7 Å². The molecule has 0 spiro atoms. The normalized spacial score (nSPS) is 18.6. The third-order valence-electron chi connectivity index (χ3n) is 2.11. The van der Waals surface area contributed by atoms with Crippen LogP contribution in [0.25, 0.3) is 0 Å². The molecule has 0 fully saturated rings. The summed E-state index contributed by atoms with van der Waals surface area (Å²) in [5.74, 6) is 0.906. The van der Waals surface area contributed by atoms with Gasteiger partial charge in [0, 0.05) is 19.0 Å². The van der Waals surface area contributed by atoms with Gasteiger partial charge in [-0.05, 0) is 13.8 Å². The minimum atomic E-state index is 0. The molecule has 0 aliphatic carbocycles. The first-order valence-electron chi connectivity index (χ1n) is 5.08. The average Bonchev–Trinajstić information content (AvgIpc) is 2.76. The number of aromatic nitrogens is 2. The number of nitrogens with zero attached hydrogens (tertiary/aromatic N) is 3. The highest BCUT2D eigenvalue weighted by molar-refractivity contribution is 14.0. The predicted octanol–water partition coefficient (Wildman–Crippen LogP) is 0.944. The van der Waals surface area contributed by atoms with E-state index in [1.807, 2.05) is 6.92 Å². The zero-order valence-electron chi connectivity index (χ0n) is 9.36. The van der Waals surface area contributed by atoms with Gasteiger partial charge in [-0.25, -0.2) is 0 Å². The van der Waals surface area contributed by atoms with Gasteiger partial charge in [0.05, 0.1) is 6.54 Å². The van der Waals surface area contributed by atoms with E-state index in [0.29, 0.717) is 6.04 Å². The van der Waals surface area contributed by atoms with Crippen LogP contribution in [0.1, 0.15) is 16.9 Å². The summed E-state index contributed by atoms with van der Waals surface area (Å²) < 4.78 is 0. The van der Waals surface area contributed by atoms with Crippen molar-refractivity contribution in [2.75, 3.05) is 13.1 Å². The van der Waals surface area contributed by atoms with Crippen molar-refractivity contribution >= 4 is 41.3 Å². The van der Waals surface area contributed by atoms with E-state index in [0.717, 1.165) is 35.5 Å². The third kappa shape index (κ3) is 3.85. The van der Waals surface area contributed by atoms with Gasteiger partial charge in [-0.2, -0.15) is 0 Å². The highest BCUT2D eigenvalue weighted by Gasteiger charge is 2.11. The molecule has 2 N–H and O–H groups in total. The summed E-state index contributed by atoms with van der Waals surface area (Å²) in [7, 11) is 0. The van der Waals surface area contributed by atoms with Crippen molar-refractivity contribution in [3.8, 4) is 0 Å². The van der Waals surface area contributed by atoms with Crippen LogP contribution in [-0.4, -0.2) is 35.3 Å². The zero-order valence-corrected chi connectivity index (χ0v) is 12.5. The van der Waals surface area contributed by atoms with Crippen molar-refractivity contribution in [2.45, 2.75) is 26.3 Å². The van der Waals surface area contributed by atoms with Gasteiger partial charge in [0.15, 0.2) is 5.96 Å². The van der Waals surface area contributed by atoms with Crippen LogP contribution in [0.15, 0.2) is 4.99 Å². The Hall–Kier alpha value is -0.440. The average molecular weight is 353 g/mol. The van der Waals surface area contributed by atoms with Crippen molar-refractivity contribution < 1.29 is 0 Å². The maximum Gasteiger partial charge on any atom is 0.191 e. The molecule has 90 valence electrons. The Morgan fingerprint density at radius 1 is 1.50 bits per heavy atom. The molecule has 1 aliphatic rings. The van der Waals surface area contributed by atoms with Crippen molar-refractivity contribution in [2.24, 2.45) is 4.99 Å². The number of aliphatic imine (C=N–C) groups is 1. The predicted molar refractivity (Wildman–Crippen MR) is 76.7 cm³/mol. The van der Waals surface area contributed by atoms with Crippen LogP contribution in [0.4, 0.5) is 0 Å². The van der Waals surface area contributed by atoms with Crippen LogP contribution in [0.3, 0.4) is 0 Å². The molecule has 1 unspecified atom stereocenters. The van der Waals surface area contributed by atoms with E-state index in [1.165, 1.54) is 0 Å². The SMILES string of the molecule is Cc1nnc(CCNC2=NCC(C)N2)s1.I. The smallest absolute Gasteiger partial charge is 0.191 e. The minimum Gasteiger partial charge on any atom is -0.356 e. The van der Waals surface area contributed by atoms with Gasteiger partial charge in [-0.3, -0.25) is 4.99 Å². The lowest BCUT2D eigenvalue weighted by Gasteiger charge is -2.07. The number of guanidine groups is 1. The molecular formula is C9H16IN5S. The molecule has 2 rings (SSSR count). The lowest BCUT2D eigenvalue weighted by Crippen LogP contribution is -2.38. The number of hydrogen-bond donors (Lipinski definition) is 2. The first-order valence-corrected chi connectivity index (χ1v) is 5.89. The Balaban J connectivity index is 0.00000128. The van der Waals surface area contributed by atoms with E-state index in [1.54, 1.807) is 11.3 Å². The van der Waals surface area contributed by atoms with E-state index in [-0.39, 0.29) is 24.0 Å². The molecule has 0 amide bonds. The quantitative estimate of drug-likeness (QED) is 0.795. The topological polar surface area (TPSA) is 62.2 Å². The molecule has 0 aromatic carbocycles. The minimum absolute atomic E-state index is 0. The van der Waals surface area contributed by atoms with Crippen LogP contribution in [0.5, 0.6) is 0 Å². The maximum atomic E-state index is 4.31. The summed E-state index contributed by atoms with van der Waals surface area (Å²) in [6.07, 6.45) is 0.903. The Morgan fingerprint density at radius 3 is 2.88 bits per heavy atom. The molecule has 0 saturated heterocycles. The highest BCUT2D eigenvalue weighted by atomic mass is 127. The lowest BCUT2D eigenvalue weighted by atomic mass is 10.4. The van der Waals surface area contributed by atoms with Crippen molar-refractivity contribution in [3.05, 3.63) is 10.0 Å². The van der Waals surface area contributed by atoms with Crippen LogP contribution in [0, 0.1) is 6.92 Å². The third-order valence-corrected chi connectivity index (χ3v) is 3.00. The number of rotatable bonds is 3. The van der Waals surface area contributed by atoms with Crippen molar-refractivity contribution in [1.82, 2.24) is 20.8 Å². The van der Waals surface area contributed by atoms with E-state index in [9.17, 15) is 0 Å². The largest absolute Gasteiger partial charge is 0.356 e. The second-order valence-corrected chi connectivity index (χ2v) is 4.89.